The average Bonchev–Trinajstić information content (AvgIpc) is 2.42. The largest absolute Gasteiger partial charge is 0.457 e. The van der Waals surface area contributed by atoms with Crippen molar-refractivity contribution < 1.29 is 19.1 Å². The smallest absolute Gasteiger partial charge is 0.376 e. The highest BCUT2D eigenvalue weighted by molar-refractivity contribution is 7.80. The molecule has 0 atom stereocenters. The highest BCUT2D eigenvalue weighted by atomic mass is 32.1. The van der Waals surface area contributed by atoms with Gasteiger partial charge in [0.2, 0.25) is 0 Å². The fourth-order valence-corrected chi connectivity index (χ4v) is 1.87. The van der Waals surface area contributed by atoms with Gasteiger partial charge in [0, 0.05) is 26.1 Å². The van der Waals surface area contributed by atoms with Crippen LogP contribution in [0, 0.1) is 0 Å². The van der Waals surface area contributed by atoms with E-state index in [2.05, 4.69) is 10.2 Å². The van der Waals surface area contributed by atoms with Crippen molar-refractivity contribution in [2.24, 2.45) is 0 Å². The maximum atomic E-state index is 11.5. The van der Waals surface area contributed by atoms with Crippen LogP contribution in [0.4, 0.5) is 0 Å². The number of hydrogen-bond donors (Lipinski definition) is 1. The summed E-state index contributed by atoms with van der Waals surface area (Å²) < 4.78 is 10.1. The lowest BCUT2D eigenvalue weighted by atomic mass is 10.3. The standard InChI is InChI=1S/C13H22N2O4S/c1-10(2)19-13(17)11(16)9-14-12(20)3-4-15-5-7-18-8-6-15/h10H,3-9H2,1-2H3,(H,14,20). The van der Waals surface area contributed by atoms with Crippen LogP contribution in [0.2, 0.25) is 0 Å². The number of carbonyl (C=O) groups is 2. The van der Waals surface area contributed by atoms with E-state index < -0.39 is 11.8 Å². The van der Waals surface area contributed by atoms with Crippen molar-refractivity contribution in [2.75, 3.05) is 39.4 Å². The van der Waals surface area contributed by atoms with Crippen LogP contribution in [-0.4, -0.2) is 67.1 Å². The number of morpholine rings is 1. The highest BCUT2D eigenvalue weighted by Crippen LogP contribution is 1.98. The van der Waals surface area contributed by atoms with Gasteiger partial charge in [-0.3, -0.25) is 9.69 Å². The zero-order chi connectivity index (χ0) is 15.0. The molecule has 20 heavy (non-hydrogen) atoms. The van der Waals surface area contributed by atoms with Gasteiger partial charge in [0.05, 0.1) is 30.9 Å². The summed E-state index contributed by atoms with van der Waals surface area (Å²) in [5.74, 6) is -1.42. The number of rotatable bonds is 7. The van der Waals surface area contributed by atoms with Gasteiger partial charge in [0.25, 0.3) is 5.78 Å². The summed E-state index contributed by atoms with van der Waals surface area (Å²) in [4.78, 5) is 25.6. The topological polar surface area (TPSA) is 67.9 Å². The van der Waals surface area contributed by atoms with Crippen molar-refractivity contribution in [2.45, 2.75) is 26.4 Å². The van der Waals surface area contributed by atoms with Crippen LogP contribution >= 0.6 is 12.2 Å². The predicted molar refractivity (Wildman–Crippen MR) is 78.7 cm³/mol. The molecule has 0 saturated carbocycles. The third kappa shape index (κ3) is 6.93. The Bertz CT molecular complexity index is 354. The number of thiocarbonyl (C=S) groups is 1. The minimum Gasteiger partial charge on any atom is -0.457 e. The lowest BCUT2D eigenvalue weighted by Crippen LogP contribution is -2.39. The van der Waals surface area contributed by atoms with Crippen LogP contribution in [0.25, 0.3) is 0 Å². The van der Waals surface area contributed by atoms with Crippen molar-refractivity contribution in [1.82, 2.24) is 10.2 Å². The number of nitrogens with one attached hydrogen (secondary N) is 1. The molecule has 0 radical (unpaired) electrons. The van der Waals surface area contributed by atoms with E-state index >= 15 is 0 Å². The van der Waals surface area contributed by atoms with E-state index in [4.69, 9.17) is 21.7 Å². The molecule has 1 fully saturated rings. The number of ketones is 1. The molecule has 0 spiro atoms. The van der Waals surface area contributed by atoms with Gasteiger partial charge in [0.15, 0.2) is 0 Å². The van der Waals surface area contributed by atoms with E-state index in [9.17, 15) is 9.59 Å². The van der Waals surface area contributed by atoms with Crippen LogP contribution in [0.15, 0.2) is 0 Å². The van der Waals surface area contributed by atoms with E-state index in [1.807, 2.05) is 0 Å². The molecule has 0 amide bonds. The van der Waals surface area contributed by atoms with E-state index in [-0.39, 0.29) is 12.6 Å². The van der Waals surface area contributed by atoms with Crippen molar-refractivity contribution in [3.8, 4) is 0 Å². The first kappa shape index (κ1) is 17.0. The van der Waals surface area contributed by atoms with E-state index in [1.165, 1.54) is 0 Å². The quantitative estimate of drug-likeness (QED) is 0.408. The third-order valence-corrected chi connectivity index (χ3v) is 3.12. The maximum absolute atomic E-state index is 11.5. The zero-order valence-electron chi connectivity index (χ0n) is 12.0. The second-order valence-corrected chi connectivity index (χ2v) is 5.35. The van der Waals surface area contributed by atoms with Crippen LogP contribution in [-0.2, 0) is 19.1 Å². The fraction of sp³-hybridized carbons (Fsp3) is 0.769. The summed E-state index contributed by atoms with van der Waals surface area (Å²) in [6.45, 7) is 7.44. The lowest BCUT2D eigenvalue weighted by Gasteiger charge is -2.26. The summed E-state index contributed by atoms with van der Waals surface area (Å²) in [6.07, 6.45) is 0.377. The van der Waals surface area contributed by atoms with Crippen molar-refractivity contribution in [1.29, 1.82) is 0 Å². The van der Waals surface area contributed by atoms with E-state index in [1.54, 1.807) is 13.8 Å². The molecule has 1 aliphatic rings. The molecule has 114 valence electrons. The van der Waals surface area contributed by atoms with Crippen LogP contribution in [0.5, 0.6) is 0 Å². The molecule has 1 N–H and O–H groups in total. The Labute approximate surface area is 124 Å². The Morgan fingerprint density at radius 3 is 2.60 bits per heavy atom. The number of hydrogen-bond acceptors (Lipinski definition) is 6. The monoisotopic (exact) mass is 302 g/mol. The Morgan fingerprint density at radius 1 is 1.35 bits per heavy atom. The number of esters is 1. The molecule has 6 nitrogen and oxygen atoms in total. The summed E-state index contributed by atoms with van der Waals surface area (Å²) in [5, 5.41) is 2.80. The van der Waals surface area contributed by atoms with Gasteiger partial charge in [-0.25, -0.2) is 4.79 Å². The van der Waals surface area contributed by atoms with Crippen LogP contribution < -0.4 is 5.32 Å². The van der Waals surface area contributed by atoms with Crippen molar-refractivity contribution in [3.63, 3.8) is 0 Å². The number of nitrogens with zero attached hydrogens (tertiary/aromatic N) is 1. The van der Waals surface area contributed by atoms with E-state index in [0.29, 0.717) is 11.4 Å². The molecule has 7 heteroatoms. The van der Waals surface area contributed by atoms with Gasteiger partial charge in [-0.05, 0) is 13.8 Å². The summed E-state index contributed by atoms with van der Waals surface area (Å²) >= 11 is 5.14. The zero-order valence-corrected chi connectivity index (χ0v) is 12.8. The molecule has 1 heterocycles. The molecule has 0 aromatic heterocycles. The average molecular weight is 302 g/mol. The second-order valence-electron chi connectivity index (χ2n) is 4.86. The fourth-order valence-electron chi connectivity index (χ4n) is 1.70. The number of ether oxygens (including phenoxy) is 2. The minimum atomic E-state index is -0.816. The van der Waals surface area contributed by atoms with Crippen molar-refractivity contribution in [3.05, 3.63) is 0 Å². The summed E-state index contributed by atoms with van der Waals surface area (Å²) in [5.41, 5.74) is 0. The van der Waals surface area contributed by atoms with Crippen molar-refractivity contribution >= 4 is 29.0 Å². The minimum absolute atomic E-state index is 0.104. The highest BCUT2D eigenvalue weighted by Gasteiger charge is 2.17. The molecular formula is C13H22N2O4S. The first-order valence-corrected chi connectivity index (χ1v) is 7.20. The van der Waals surface area contributed by atoms with Gasteiger partial charge >= 0.3 is 5.97 Å². The normalized spacial score (nSPS) is 15.9. The number of Topliss-reactive ketones (excluding diaryl/α,β-unsaturated/α-hetero) is 1. The Hall–Kier alpha value is -1.05. The summed E-state index contributed by atoms with van der Waals surface area (Å²) in [7, 11) is 0. The molecular weight excluding hydrogens is 280 g/mol. The first-order valence-electron chi connectivity index (χ1n) is 6.79. The molecule has 1 rings (SSSR count). The molecule has 0 aliphatic carbocycles. The number of carbonyl (C=O) groups excluding carboxylic acids is 2. The van der Waals surface area contributed by atoms with Crippen LogP contribution in [0.1, 0.15) is 20.3 Å². The molecule has 0 bridgehead atoms. The van der Waals surface area contributed by atoms with Gasteiger partial charge in [-0.2, -0.15) is 0 Å². The molecule has 0 aromatic carbocycles. The Kier molecular flexibility index (Phi) is 7.64. The summed E-state index contributed by atoms with van der Waals surface area (Å²) in [6, 6.07) is 0. The predicted octanol–water partition coefficient (Wildman–Crippen LogP) is 0.146. The first-order chi connectivity index (χ1) is 9.49. The molecule has 1 saturated heterocycles. The molecule has 1 aliphatic heterocycles. The van der Waals surface area contributed by atoms with E-state index in [0.717, 1.165) is 32.8 Å². The molecule has 0 unspecified atom stereocenters. The Morgan fingerprint density at radius 2 is 2.00 bits per heavy atom. The lowest BCUT2D eigenvalue weighted by molar-refractivity contribution is -0.156. The third-order valence-electron chi connectivity index (χ3n) is 2.78. The Balaban J connectivity index is 2.15. The van der Waals surface area contributed by atoms with Crippen LogP contribution in [0.3, 0.4) is 0 Å². The van der Waals surface area contributed by atoms with Gasteiger partial charge in [-0.15, -0.1) is 0 Å². The maximum Gasteiger partial charge on any atom is 0.376 e. The molecule has 0 aromatic rings. The second kappa shape index (κ2) is 8.99. The van der Waals surface area contributed by atoms with Gasteiger partial charge in [-0.1, -0.05) is 12.2 Å². The van der Waals surface area contributed by atoms with Gasteiger partial charge in [0.1, 0.15) is 0 Å². The SMILES string of the molecule is CC(C)OC(=O)C(=O)CNC(=S)CCN1CCOCC1. The van der Waals surface area contributed by atoms with Gasteiger partial charge < -0.3 is 14.8 Å².